The molecule has 0 aliphatic carbocycles. The van der Waals surface area contributed by atoms with E-state index in [1.54, 1.807) is 24.2 Å². The van der Waals surface area contributed by atoms with Crippen molar-refractivity contribution in [3.8, 4) is 5.75 Å². The molecule has 2 heterocycles. The molecule has 0 radical (unpaired) electrons. The van der Waals surface area contributed by atoms with Gasteiger partial charge in [0, 0.05) is 32.1 Å². The van der Waals surface area contributed by atoms with E-state index in [0.717, 1.165) is 23.3 Å². The zero-order chi connectivity index (χ0) is 17.1. The first-order valence-corrected chi connectivity index (χ1v) is 7.85. The van der Waals surface area contributed by atoms with Crippen molar-refractivity contribution >= 4 is 11.8 Å². The molecule has 1 aromatic heterocycles. The Morgan fingerprint density at radius 3 is 3.00 bits per heavy atom. The first-order chi connectivity index (χ1) is 11.6. The average molecular weight is 328 g/mol. The monoisotopic (exact) mass is 328 g/mol. The Morgan fingerprint density at radius 2 is 2.25 bits per heavy atom. The summed E-state index contributed by atoms with van der Waals surface area (Å²) in [6.07, 6.45) is 2.49. The lowest BCUT2D eigenvalue weighted by atomic mass is 10.1. The van der Waals surface area contributed by atoms with Gasteiger partial charge in [0.15, 0.2) is 0 Å². The third-order valence-corrected chi connectivity index (χ3v) is 4.08. The van der Waals surface area contributed by atoms with E-state index in [1.807, 2.05) is 19.1 Å². The van der Waals surface area contributed by atoms with E-state index in [2.05, 4.69) is 15.5 Å². The highest BCUT2D eigenvalue weighted by molar-refractivity contribution is 5.95. The molecule has 2 aromatic rings. The fraction of sp³-hybridized carbons (Fsp3) is 0.353. The average Bonchev–Trinajstić information content (AvgIpc) is 3.21. The smallest absolute Gasteiger partial charge is 0.269 e. The molecular formula is C17H20N4O3. The molecule has 3 rings (SSSR count). The molecule has 24 heavy (non-hydrogen) atoms. The third kappa shape index (κ3) is 3.24. The number of rotatable bonds is 5. The number of hydrogen-bond acceptors (Lipinski definition) is 4. The summed E-state index contributed by atoms with van der Waals surface area (Å²) in [4.78, 5) is 26.0. The predicted molar refractivity (Wildman–Crippen MR) is 88.3 cm³/mol. The van der Waals surface area contributed by atoms with Gasteiger partial charge in [-0.1, -0.05) is 6.07 Å². The van der Waals surface area contributed by atoms with Gasteiger partial charge in [-0.25, -0.2) is 0 Å². The molecule has 0 bridgehead atoms. The molecule has 0 atom stereocenters. The molecule has 2 amide bonds. The van der Waals surface area contributed by atoms with E-state index < -0.39 is 0 Å². The normalized spacial score (nSPS) is 12.4. The SMILES string of the molecule is Cc1cn[nH]c1C(=O)NCCN(C)C(=O)c1ccc2c(c1)OCC2. The Morgan fingerprint density at radius 1 is 1.42 bits per heavy atom. The Bertz CT molecular complexity index is 769. The minimum Gasteiger partial charge on any atom is -0.493 e. The van der Waals surface area contributed by atoms with E-state index in [1.165, 1.54) is 0 Å². The maximum absolute atomic E-state index is 12.4. The van der Waals surface area contributed by atoms with Crippen LogP contribution in [0.3, 0.4) is 0 Å². The van der Waals surface area contributed by atoms with Gasteiger partial charge in [0.2, 0.25) is 0 Å². The number of likely N-dealkylation sites (N-methyl/N-ethyl adjacent to an activating group) is 1. The molecule has 2 N–H and O–H groups in total. The van der Waals surface area contributed by atoms with Gasteiger partial charge in [-0.3, -0.25) is 14.7 Å². The predicted octanol–water partition coefficient (Wildman–Crippen LogP) is 1.16. The molecule has 0 saturated heterocycles. The zero-order valence-electron chi connectivity index (χ0n) is 13.8. The third-order valence-electron chi connectivity index (χ3n) is 4.08. The van der Waals surface area contributed by atoms with E-state index >= 15 is 0 Å². The number of H-pyrrole nitrogens is 1. The fourth-order valence-corrected chi connectivity index (χ4v) is 2.62. The summed E-state index contributed by atoms with van der Waals surface area (Å²) < 4.78 is 5.50. The molecule has 7 nitrogen and oxygen atoms in total. The number of aromatic amines is 1. The number of hydrogen-bond donors (Lipinski definition) is 2. The quantitative estimate of drug-likeness (QED) is 0.862. The maximum Gasteiger partial charge on any atom is 0.269 e. The van der Waals surface area contributed by atoms with Crippen molar-refractivity contribution in [2.45, 2.75) is 13.3 Å². The Balaban J connectivity index is 1.53. The van der Waals surface area contributed by atoms with Crippen molar-refractivity contribution in [1.82, 2.24) is 20.4 Å². The fourth-order valence-electron chi connectivity index (χ4n) is 2.62. The lowest BCUT2D eigenvalue weighted by molar-refractivity contribution is 0.0786. The van der Waals surface area contributed by atoms with E-state index in [9.17, 15) is 9.59 Å². The second kappa shape index (κ2) is 6.74. The summed E-state index contributed by atoms with van der Waals surface area (Å²) in [6, 6.07) is 5.54. The summed E-state index contributed by atoms with van der Waals surface area (Å²) in [5.41, 5.74) is 2.96. The molecule has 0 spiro atoms. The van der Waals surface area contributed by atoms with Crippen molar-refractivity contribution in [1.29, 1.82) is 0 Å². The molecule has 1 aliphatic heterocycles. The second-order valence-electron chi connectivity index (χ2n) is 5.83. The summed E-state index contributed by atoms with van der Waals surface area (Å²) >= 11 is 0. The van der Waals surface area contributed by atoms with E-state index in [4.69, 9.17) is 4.74 Å². The molecular weight excluding hydrogens is 308 g/mol. The van der Waals surface area contributed by atoms with Crippen LogP contribution in [0.2, 0.25) is 0 Å². The van der Waals surface area contributed by atoms with Gasteiger partial charge >= 0.3 is 0 Å². The molecule has 0 saturated carbocycles. The van der Waals surface area contributed by atoms with Crippen LogP contribution in [0.15, 0.2) is 24.4 Å². The molecule has 1 aliphatic rings. The minimum absolute atomic E-state index is 0.0970. The highest BCUT2D eigenvalue weighted by atomic mass is 16.5. The summed E-state index contributed by atoms with van der Waals surface area (Å²) in [5, 5.41) is 9.26. The lowest BCUT2D eigenvalue weighted by Gasteiger charge is -2.18. The number of carbonyl (C=O) groups is 2. The van der Waals surface area contributed by atoms with Gasteiger partial charge in [-0.15, -0.1) is 0 Å². The Hall–Kier alpha value is -2.83. The summed E-state index contributed by atoms with van der Waals surface area (Å²) in [6.45, 7) is 3.25. The number of fused-ring (bicyclic) bond motifs is 1. The largest absolute Gasteiger partial charge is 0.493 e. The number of carbonyl (C=O) groups excluding carboxylic acids is 2. The Labute approximate surface area is 140 Å². The standard InChI is InChI=1S/C17H20N4O3/c1-11-10-19-20-15(11)16(22)18-6-7-21(2)17(23)13-4-3-12-5-8-24-14(12)9-13/h3-4,9-10H,5-8H2,1-2H3,(H,18,22)(H,19,20). The van der Waals surface area contributed by atoms with Gasteiger partial charge in [-0.05, 0) is 30.2 Å². The molecule has 126 valence electrons. The van der Waals surface area contributed by atoms with Crippen LogP contribution in [0, 0.1) is 6.92 Å². The van der Waals surface area contributed by atoms with E-state index in [-0.39, 0.29) is 11.8 Å². The molecule has 0 unspecified atom stereocenters. The van der Waals surface area contributed by atoms with Crippen LogP contribution in [-0.4, -0.2) is 53.7 Å². The van der Waals surface area contributed by atoms with Crippen LogP contribution < -0.4 is 10.1 Å². The van der Waals surface area contributed by atoms with Crippen LogP contribution in [0.4, 0.5) is 0 Å². The number of amides is 2. The van der Waals surface area contributed by atoms with Crippen LogP contribution in [-0.2, 0) is 6.42 Å². The first-order valence-electron chi connectivity index (χ1n) is 7.85. The second-order valence-corrected chi connectivity index (χ2v) is 5.83. The summed E-state index contributed by atoms with van der Waals surface area (Å²) in [5.74, 6) is 0.467. The van der Waals surface area contributed by atoms with Crippen molar-refractivity contribution < 1.29 is 14.3 Å². The molecule has 7 heteroatoms. The summed E-state index contributed by atoms with van der Waals surface area (Å²) in [7, 11) is 1.71. The van der Waals surface area contributed by atoms with Crippen LogP contribution in [0.5, 0.6) is 5.75 Å². The maximum atomic E-state index is 12.4. The van der Waals surface area contributed by atoms with Gasteiger partial charge in [0.1, 0.15) is 11.4 Å². The Kier molecular flexibility index (Phi) is 4.50. The highest BCUT2D eigenvalue weighted by Crippen LogP contribution is 2.26. The molecule has 0 fully saturated rings. The van der Waals surface area contributed by atoms with Crippen LogP contribution in [0.1, 0.15) is 32.0 Å². The van der Waals surface area contributed by atoms with Crippen molar-refractivity contribution in [2.75, 3.05) is 26.7 Å². The highest BCUT2D eigenvalue weighted by Gasteiger charge is 2.18. The minimum atomic E-state index is -0.225. The number of ether oxygens (including phenoxy) is 1. The first kappa shape index (κ1) is 16.0. The van der Waals surface area contributed by atoms with Crippen LogP contribution in [0.25, 0.3) is 0 Å². The van der Waals surface area contributed by atoms with Crippen LogP contribution >= 0.6 is 0 Å². The number of aromatic nitrogens is 2. The molecule has 1 aromatic carbocycles. The van der Waals surface area contributed by atoms with Crippen molar-refractivity contribution in [3.63, 3.8) is 0 Å². The lowest BCUT2D eigenvalue weighted by Crippen LogP contribution is -2.36. The number of benzene rings is 1. The number of nitrogens with zero attached hydrogens (tertiary/aromatic N) is 2. The van der Waals surface area contributed by atoms with Gasteiger partial charge in [-0.2, -0.15) is 5.10 Å². The number of aryl methyl sites for hydroxylation is 1. The van der Waals surface area contributed by atoms with Crippen molar-refractivity contribution in [3.05, 3.63) is 46.8 Å². The van der Waals surface area contributed by atoms with Gasteiger partial charge < -0.3 is 15.0 Å². The van der Waals surface area contributed by atoms with E-state index in [0.29, 0.717) is 31.0 Å². The van der Waals surface area contributed by atoms with Crippen molar-refractivity contribution in [2.24, 2.45) is 0 Å². The van der Waals surface area contributed by atoms with Gasteiger partial charge in [0.25, 0.3) is 11.8 Å². The number of nitrogens with one attached hydrogen (secondary N) is 2. The zero-order valence-corrected chi connectivity index (χ0v) is 13.8. The van der Waals surface area contributed by atoms with Gasteiger partial charge in [0.05, 0.1) is 12.8 Å². The topological polar surface area (TPSA) is 87.3 Å².